The summed E-state index contributed by atoms with van der Waals surface area (Å²) < 4.78 is 11.1. The molecule has 9 atom stereocenters. The molecule has 1 heterocycles. The second kappa shape index (κ2) is 32.7. The molecule has 0 bridgehead atoms. The first-order valence-electron chi connectivity index (χ1n) is 21.7. The lowest BCUT2D eigenvalue weighted by Crippen LogP contribution is -2.60. The molecule has 1 aliphatic heterocycles. The second-order valence-electron chi connectivity index (χ2n) is 15.6. The van der Waals surface area contributed by atoms with E-state index in [2.05, 4.69) is 25.7 Å². The smallest absolute Gasteiger partial charge is 0.249 e. The van der Waals surface area contributed by atoms with Gasteiger partial charge in [-0.2, -0.15) is 0 Å². The lowest BCUT2D eigenvalue weighted by atomic mass is 9.99. The molecule has 0 spiro atoms. The van der Waals surface area contributed by atoms with Crippen molar-refractivity contribution in [2.75, 3.05) is 13.2 Å². The number of nitrogens with one attached hydrogen (secondary N) is 1. The summed E-state index contributed by atoms with van der Waals surface area (Å²) in [5, 5.41) is 75.1. The molecule has 11 nitrogen and oxygen atoms in total. The molecule has 0 radical (unpaired) electrons. The molecule has 1 fully saturated rings. The Labute approximate surface area is 327 Å². The zero-order valence-corrected chi connectivity index (χ0v) is 34.0. The van der Waals surface area contributed by atoms with Gasteiger partial charge < -0.3 is 50.5 Å². The Morgan fingerprint density at radius 2 is 1.20 bits per heavy atom. The van der Waals surface area contributed by atoms with E-state index in [1.54, 1.807) is 6.08 Å². The number of aliphatic hydroxyl groups excluding tert-OH is 7. The highest BCUT2D eigenvalue weighted by atomic mass is 16.7. The zero-order chi connectivity index (χ0) is 40.0. The number of amides is 1. The fraction of sp³-hybridized carbons (Fsp3) is 0.884. The van der Waals surface area contributed by atoms with Gasteiger partial charge in [-0.25, -0.2) is 0 Å². The second-order valence-corrected chi connectivity index (χ2v) is 15.6. The van der Waals surface area contributed by atoms with E-state index >= 15 is 0 Å². The number of hydrogen-bond acceptors (Lipinski definition) is 10. The van der Waals surface area contributed by atoms with E-state index in [0.717, 1.165) is 44.1 Å². The van der Waals surface area contributed by atoms with Crippen LogP contribution in [0, 0.1) is 0 Å². The highest BCUT2D eigenvalue weighted by Gasteiger charge is 2.44. The third-order valence-electron chi connectivity index (χ3n) is 10.7. The highest BCUT2D eigenvalue weighted by Crippen LogP contribution is 2.23. The van der Waals surface area contributed by atoms with Crippen molar-refractivity contribution in [3.05, 3.63) is 24.3 Å². The van der Waals surface area contributed by atoms with Gasteiger partial charge in [0.2, 0.25) is 5.91 Å². The number of unbranched alkanes of at least 4 members (excludes halogenated alkanes) is 19. The van der Waals surface area contributed by atoms with Crippen molar-refractivity contribution in [1.29, 1.82) is 0 Å². The molecule has 0 aliphatic carbocycles. The van der Waals surface area contributed by atoms with Gasteiger partial charge in [-0.1, -0.05) is 161 Å². The van der Waals surface area contributed by atoms with Crippen molar-refractivity contribution < 1.29 is 50.0 Å². The van der Waals surface area contributed by atoms with Crippen molar-refractivity contribution in [3.63, 3.8) is 0 Å². The van der Waals surface area contributed by atoms with E-state index in [4.69, 9.17) is 9.47 Å². The minimum atomic E-state index is -1.65. The summed E-state index contributed by atoms with van der Waals surface area (Å²) >= 11 is 0. The predicted molar refractivity (Wildman–Crippen MR) is 215 cm³/mol. The average molecular weight is 772 g/mol. The number of ether oxygens (including phenoxy) is 2. The van der Waals surface area contributed by atoms with Crippen LogP contribution in [0.15, 0.2) is 24.3 Å². The van der Waals surface area contributed by atoms with Gasteiger partial charge in [-0.05, 0) is 37.7 Å². The Morgan fingerprint density at radius 3 is 1.72 bits per heavy atom. The molecule has 318 valence electrons. The van der Waals surface area contributed by atoms with E-state index in [-0.39, 0.29) is 13.0 Å². The molecule has 8 N–H and O–H groups in total. The summed E-state index contributed by atoms with van der Waals surface area (Å²) in [5.41, 5.74) is 0.795. The van der Waals surface area contributed by atoms with E-state index in [9.17, 15) is 40.5 Å². The van der Waals surface area contributed by atoms with Crippen LogP contribution in [0.25, 0.3) is 0 Å². The molecule has 1 amide bonds. The summed E-state index contributed by atoms with van der Waals surface area (Å²) in [6, 6.07) is -1.07. The number of aliphatic hydroxyl groups is 7. The third kappa shape index (κ3) is 23.0. The maximum absolute atomic E-state index is 13.0. The zero-order valence-electron chi connectivity index (χ0n) is 34.0. The molecule has 0 saturated carbocycles. The van der Waals surface area contributed by atoms with Gasteiger partial charge in [0.25, 0.3) is 0 Å². The molecular formula is C43H81NO10. The number of allylic oxidation sites excluding steroid dienone is 1. The Balaban J connectivity index is 2.56. The Bertz CT molecular complexity index is 949. The molecule has 1 rings (SSSR count). The number of carbonyl (C=O) groups excluding carboxylic acids is 1. The number of carbonyl (C=O) groups is 1. The van der Waals surface area contributed by atoms with Gasteiger partial charge in [0.1, 0.15) is 30.5 Å². The summed E-state index contributed by atoms with van der Waals surface area (Å²) in [7, 11) is 0. The molecule has 1 saturated heterocycles. The lowest BCUT2D eigenvalue weighted by molar-refractivity contribution is -0.302. The van der Waals surface area contributed by atoms with Crippen LogP contribution >= 0.6 is 0 Å². The van der Waals surface area contributed by atoms with Crippen LogP contribution in [-0.4, -0.2) is 110 Å². The molecule has 0 aromatic rings. The van der Waals surface area contributed by atoms with Crippen molar-refractivity contribution in [2.24, 2.45) is 0 Å². The normalized spacial score (nSPS) is 22.6. The van der Waals surface area contributed by atoms with Crippen LogP contribution in [0.4, 0.5) is 0 Å². The average Bonchev–Trinajstić information content (AvgIpc) is 3.17. The first kappa shape index (κ1) is 50.6. The van der Waals surface area contributed by atoms with E-state index in [0.29, 0.717) is 19.3 Å². The molecule has 9 unspecified atom stereocenters. The lowest BCUT2D eigenvalue weighted by Gasteiger charge is -2.40. The van der Waals surface area contributed by atoms with Gasteiger partial charge in [0.15, 0.2) is 6.29 Å². The monoisotopic (exact) mass is 772 g/mol. The van der Waals surface area contributed by atoms with E-state index in [1.165, 1.54) is 102 Å². The SMILES string of the molecule is C=C(CCCCCCCCC)C(O)CCC=CC(O)C(COC1OC(CO)C(O)C(O)C1O)NC(=O)C(O)CCCCCCCCCCCCCCCC. The molecular weight excluding hydrogens is 690 g/mol. The van der Waals surface area contributed by atoms with Crippen molar-refractivity contribution >= 4 is 5.91 Å². The largest absolute Gasteiger partial charge is 0.394 e. The van der Waals surface area contributed by atoms with Crippen molar-refractivity contribution in [2.45, 2.75) is 229 Å². The van der Waals surface area contributed by atoms with Crippen LogP contribution in [0.2, 0.25) is 0 Å². The van der Waals surface area contributed by atoms with Gasteiger partial charge in [0.05, 0.1) is 31.5 Å². The molecule has 0 aromatic heterocycles. The standard InChI is InChI=1S/C43H81NO10/c1-4-6-8-10-12-13-14-15-16-17-18-20-22-24-30-37(48)42(52)44-34(32-53-43-41(51)40(50)39(49)38(31-45)54-43)36(47)29-26-25-28-35(46)33(3)27-23-21-19-11-9-7-5-2/h26,29,34-41,43,45-51H,3-25,27-28,30-32H2,1-2H3,(H,44,52). The fourth-order valence-corrected chi connectivity index (χ4v) is 6.88. The molecule has 0 aromatic carbocycles. The third-order valence-corrected chi connectivity index (χ3v) is 10.7. The Morgan fingerprint density at radius 1 is 0.704 bits per heavy atom. The Kier molecular flexibility index (Phi) is 30.6. The Hall–Kier alpha value is -1.41. The predicted octanol–water partition coefficient (Wildman–Crippen LogP) is 6.28. The fourth-order valence-electron chi connectivity index (χ4n) is 6.88. The van der Waals surface area contributed by atoms with Crippen LogP contribution < -0.4 is 5.32 Å². The topological polar surface area (TPSA) is 189 Å². The van der Waals surface area contributed by atoms with Gasteiger partial charge >= 0.3 is 0 Å². The minimum Gasteiger partial charge on any atom is -0.394 e. The van der Waals surface area contributed by atoms with Gasteiger partial charge in [-0.15, -0.1) is 0 Å². The van der Waals surface area contributed by atoms with E-state index < -0.39 is 67.6 Å². The van der Waals surface area contributed by atoms with Gasteiger partial charge in [-0.3, -0.25) is 4.79 Å². The maximum Gasteiger partial charge on any atom is 0.249 e. The van der Waals surface area contributed by atoms with Crippen LogP contribution in [0.1, 0.15) is 174 Å². The summed E-state index contributed by atoms with van der Waals surface area (Å²) in [6.45, 7) is 7.50. The first-order chi connectivity index (χ1) is 26.1. The molecule has 11 heteroatoms. The highest BCUT2D eigenvalue weighted by molar-refractivity contribution is 5.80. The van der Waals surface area contributed by atoms with Crippen LogP contribution in [-0.2, 0) is 14.3 Å². The van der Waals surface area contributed by atoms with Gasteiger partial charge in [0, 0.05) is 0 Å². The van der Waals surface area contributed by atoms with Crippen LogP contribution in [0.3, 0.4) is 0 Å². The first-order valence-corrected chi connectivity index (χ1v) is 21.7. The van der Waals surface area contributed by atoms with Crippen molar-refractivity contribution in [3.8, 4) is 0 Å². The summed E-state index contributed by atoms with van der Waals surface area (Å²) in [6.07, 6.45) is 19.6. The molecule has 1 aliphatic rings. The number of rotatable bonds is 35. The summed E-state index contributed by atoms with van der Waals surface area (Å²) in [5.74, 6) is -0.670. The van der Waals surface area contributed by atoms with Crippen LogP contribution in [0.5, 0.6) is 0 Å². The minimum absolute atomic E-state index is 0.275. The maximum atomic E-state index is 13.0. The van der Waals surface area contributed by atoms with Crippen molar-refractivity contribution in [1.82, 2.24) is 5.32 Å². The molecule has 54 heavy (non-hydrogen) atoms. The quantitative estimate of drug-likeness (QED) is 0.0269. The van der Waals surface area contributed by atoms with E-state index in [1.807, 2.05) is 0 Å². The summed E-state index contributed by atoms with van der Waals surface area (Å²) in [4.78, 5) is 13.0. The number of hydrogen-bond donors (Lipinski definition) is 8.